The fourth-order valence-corrected chi connectivity index (χ4v) is 1.61. The number of methoxy groups -OCH3 is 2. The number of anilines is 1. The number of benzene rings is 1. The SMILES string of the molecule is COCCOc1ccc(NC(=O)CC(CN)OC)cc1F.Cl. The highest BCUT2D eigenvalue weighted by Crippen LogP contribution is 2.21. The van der Waals surface area contributed by atoms with E-state index in [-0.39, 0.29) is 49.7 Å². The highest BCUT2D eigenvalue weighted by Gasteiger charge is 2.12. The topological polar surface area (TPSA) is 82.8 Å². The lowest BCUT2D eigenvalue weighted by molar-refractivity contribution is -0.118. The first-order chi connectivity index (χ1) is 10.1. The zero-order chi connectivity index (χ0) is 15.7. The van der Waals surface area contributed by atoms with E-state index in [1.165, 1.54) is 26.4 Å². The first kappa shape index (κ1) is 20.6. The number of ether oxygens (including phenoxy) is 3. The van der Waals surface area contributed by atoms with E-state index >= 15 is 0 Å². The fraction of sp³-hybridized carbons (Fsp3) is 0.500. The lowest BCUT2D eigenvalue weighted by Crippen LogP contribution is -2.28. The second-order valence-corrected chi connectivity index (χ2v) is 4.33. The molecule has 0 saturated carbocycles. The molecule has 0 radical (unpaired) electrons. The Bertz CT molecular complexity index is 458. The van der Waals surface area contributed by atoms with Gasteiger partial charge in [0.1, 0.15) is 6.61 Å². The van der Waals surface area contributed by atoms with Gasteiger partial charge in [-0.2, -0.15) is 0 Å². The van der Waals surface area contributed by atoms with Gasteiger partial charge in [0, 0.05) is 32.5 Å². The first-order valence-corrected chi connectivity index (χ1v) is 6.54. The van der Waals surface area contributed by atoms with Crippen LogP contribution in [0.1, 0.15) is 6.42 Å². The summed E-state index contributed by atoms with van der Waals surface area (Å²) in [7, 11) is 3.02. The van der Waals surface area contributed by atoms with E-state index in [1.54, 1.807) is 6.07 Å². The summed E-state index contributed by atoms with van der Waals surface area (Å²) in [5, 5.41) is 2.58. The number of nitrogens with one attached hydrogen (secondary N) is 1. The summed E-state index contributed by atoms with van der Waals surface area (Å²) < 4.78 is 28.8. The van der Waals surface area contributed by atoms with Crippen LogP contribution in [0.5, 0.6) is 5.75 Å². The molecule has 0 bridgehead atoms. The van der Waals surface area contributed by atoms with Crippen LogP contribution >= 0.6 is 12.4 Å². The maximum Gasteiger partial charge on any atom is 0.227 e. The lowest BCUT2D eigenvalue weighted by Gasteiger charge is -2.13. The minimum Gasteiger partial charge on any atom is -0.488 e. The second-order valence-electron chi connectivity index (χ2n) is 4.33. The average molecular weight is 337 g/mol. The number of rotatable bonds is 9. The van der Waals surface area contributed by atoms with E-state index < -0.39 is 5.82 Å². The molecule has 1 aromatic rings. The van der Waals surface area contributed by atoms with Gasteiger partial charge >= 0.3 is 0 Å². The quantitative estimate of drug-likeness (QED) is 0.669. The molecule has 3 N–H and O–H groups in total. The molecule has 0 fully saturated rings. The maximum atomic E-state index is 13.8. The fourth-order valence-electron chi connectivity index (χ4n) is 1.61. The van der Waals surface area contributed by atoms with Crippen LogP contribution in [0.4, 0.5) is 10.1 Å². The summed E-state index contributed by atoms with van der Waals surface area (Å²) in [5.74, 6) is -0.729. The molecule has 0 aliphatic rings. The Kier molecular flexibility index (Phi) is 10.5. The third-order valence-electron chi connectivity index (χ3n) is 2.77. The van der Waals surface area contributed by atoms with Gasteiger partial charge in [-0.15, -0.1) is 12.4 Å². The van der Waals surface area contributed by atoms with Crippen molar-refractivity contribution < 1.29 is 23.4 Å². The monoisotopic (exact) mass is 336 g/mol. The lowest BCUT2D eigenvalue weighted by atomic mass is 10.2. The zero-order valence-electron chi connectivity index (χ0n) is 12.6. The number of carbonyl (C=O) groups excluding carboxylic acids is 1. The molecule has 6 nitrogen and oxygen atoms in total. The largest absolute Gasteiger partial charge is 0.488 e. The third kappa shape index (κ3) is 7.04. The van der Waals surface area contributed by atoms with E-state index in [0.717, 1.165) is 0 Å². The molecule has 1 amide bonds. The Morgan fingerprint density at radius 1 is 1.36 bits per heavy atom. The van der Waals surface area contributed by atoms with Crippen LogP contribution in [-0.4, -0.2) is 46.0 Å². The summed E-state index contributed by atoms with van der Waals surface area (Å²) in [5.41, 5.74) is 5.79. The number of halogens is 2. The highest BCUT2D eigenvalue weighted by atomic mass is 35.5. The van der Waals surface area contributed by atoms with Gasteiger partial charge in [0.15, 0.2) is 11.6 Å². The van der Waals surface area contributed by atoms with Crippen LogP contribution in [0.2, 0.25) is 0 Å². The Hall–Kier alpha value is -1.41. The number of hydrogen-bond donors (Lipinski definition) is 2. The van der Waals surface area contributed by atoms with Crippen LogP contribution in [0.25, 0.3) is 0 Å². The first-order valence-electron chi connectivity index (χ1n) is 6.54. The van der Waals surface area contributed by atoms with Gasteiger partial charge in [-0.3, -0.25) is 4.79 Å². The van der Waals surface area contributed by atoms with E-state index in [1.807, 2.05) is 0 Å². The molecule has 0 aliphatic carbocycles. The van der Waals surface area contributed by atoms with E-state index in [9.17, 15) is 9.18 Å². The summed E-state index contributed by atoms with van der Waals surface area (Å²) >= 11 is 0. The minimum atomic E-state index is -0.550. The molecule has 1 aromatic carbocycles. The van der Waals surface area contributed by atoms with Crippen molar-refractivity contribution in [2.24, 2.45) is 5.73 Å². The minimum absolute atomic E-state index is 0. The second kappa shape index (κ2) is 11.2. The van der Waals surface area contributed by atoms with Crippen molar-refractivity contribution >= 4 is 24.0 Å². The van der Waals surface area contributed by atoms with Gasteiger partial charge in [-0.05, 0) is 12.1 Å². The Labute approximate surface area is 135 Å². The average Bonchev–Trinajstić information content (AvgIpc) is 2.47. The summed E-state index contributed by atoms with van der Waals surface area (Å²) in [4.78, 5) is 11.7. The number of nitrogens with two attached hydrogens (primary N) is 1. The van der Waals surface area contributed by atoms with Crippen molar-refractivity contribution in [1.82, 2.24) is 0 Å². The van der Waals surface area contributed by atoms with Crippen LogP contribution in [0.15, 0.2) is 18.2 Å². The van der Waals surface area contributed by atoms with Gasteiger partial charge in [0.25, 0.3) is 0 Å². The molecular formula is C14H22ClFN2O4. The standard InChI is InChI=1S/C14H21FN2O4.ClH/c1-19-5-6-21-13-4-3-10(7-12(13)15)17-14(18)8-11(9-16)20-2;/h3-4,7,11H,5-6,8-9,16H2,1-2H3,(H,17,18);1H. The van der Waals surface area contributed by atoms with Crippen LogP contribution in [-0.2, 0) is 14.3 Å². The number of amides is 1. The molecule has 0 heterocycles. The zero-order valence-corrected chi connectivity index (χ0v) is 13.5. The number of hydrogen-bond acceptors (Lipinski definition) is 5. The van der Waals surface area contributed by atoms with Crippen molar-refractivity contribution in [3.05, 3.63) is 24.0 Å². The van der Waals surface area contributed by atoms with E-state index in [2.05, 4.69) is 5.32 Å². The van der Waals surface area contributed by atoms with Crippen LogP contribution < -0.4 is 15.8 Å². The molecule has 1 unspecified atom stereocenters. The number of carbonyl (C=O) groups is 1. The van der Waals surface area contributed by atoms with E-state index in [4.69, 9.17) is 19.9 Å². The molecule has 126 valence electrons. The van der Waals surface area contributed by atoms with Gasteiger partial charge in [-0.25, -0.2) is 4.39 Å². The molecule has 0 saturated heterocycles. The molecule has 0 spiro atoms. The Morgan fingerprint density at radius 2 is 2.09 bits per heavy atom. The molecule has 22 heavy (non-hydrogen) atoms. The predicted molar refractivity (Wildman–Crippen MR) is 84.1 cm³/mol. The molecule has 0 aromatic heterocycles. The Morgan fingerprint density at radius 3 is 2.64 bits per heavy atom. The summed E-state index contributed by atoms with van der Waals surface area (Å²) in [6.07, 6.45) is -0.243. The smallest absolute Gasteiger partial charge is 0.227 e. The predicted octanol–water partition coefficient (Wildman–Crippen LogP) is 1.57. The summed E-state index contributed by atoms with van der Waals surface area (Å²) in [6, 6.07) is 4.22. The normalized spacial score (nSPS) is 11.5. The Balaban J connectivity index is 0.00000441. The summed E-state index contributed by atoms with van der Waals surface area (Å²) in [6.45, 7) is 0.866. The van der Waals surface area contributed by atoms with Gasteiger partial charge in [0.2, 0.25) is 5.91 Å². The van der Waals surface area contributed by atoms with Crippen LogP contribution in [0.3, 0.4) is 0 Å². The van der Waals surface area contributed by atoms with Crippen molar-refractivity contribution in [3.8, 4) is 5.75 Å². The van der Waals surface area contributed by atoms with Gasteiger partial charge in [0.05, 0.1) is 19.1 Å². The van der Waals surface area contributed by atoms with Gasteiger partial charge < -0.3 is 25.3 Å². The van der Waals surface area contributed by atoms with Crippen molar-refractivity contribution in [2.75, 3.05) is 39.3 Å². The van der Waals surface area contributed by atoms with Gasteiger partial charge in [-0.1, -0.05) is 0 Å². The van der Waals surface area contributed by atoms with Crippen LogP contribution in [0, 0.1) is 5.82 Å². The van der Waals surface area contributed by atoms with Crippen molar-refractivity contribution in [3.63, 3.8) is 0 Å². The van der Waals surface area contributed by atoms with Crippen molar-refractivity contribution in [1.29, 1.82) is 0 Å². The third-order valence-corrected chi connectivity index (χ3v) is 2.77. The molecule has 8 heteroatoms. The molecule has 1 rings (SSSR count). The highest BCUT2D eigenvalue weighted by molar-refractivity contribution is 5.91. The molecule has 1 atom stereocenters. The molecule has 0 aliphatic heterocycles. The maximum absolute atomic E-state index is 13.8. The van der Waals surface area contributed by atoms with E-state index in [0.29, 0.717) is 12.3 Å². The molecular weight excluding hydrogens is 315 g/mol. The van der Waals surface area contributed by atoms with Crippen molar-refractivity contribution in [2.45, 2.75) is 12.5 Å².